The van der Waals surface area contributed by atoms with Crippen LogP contribution < -0.4 is 10.5 Å². The fraction of sp³-hybridized carbons (Fsp3) is 0.333. The first-order valence-electron chi connectivity index (χ1n) is 5.04. The van der Waals surface area contributed by atoms with Crippen molar-refractivity contribution in [2.75, 3.05) is 5.73 Å². The molecule has 2 heteroatoms. The third kappa shape index (κ3) is 2.08. The molecule has 2 rings (SSSR count). The molecule has 1 aliphatic carbocycles. The second-order valence-corrected chi connectivity index (χ2v) is 3.55. The van der Waals surface area contributed by atoms with Gasteiger partial charge < -0.3 is 10.5 Å². The van der Waals surface area contributed by atoms with Crippen LogP contribution in [0.3, 0.4) is 0 Å². The summed E-state index contributed by atoms with van der Waals surface area (Å²) in [6, 6.07) is 7.64. The lowest BCUT2D eigenvalue weighted by atomic mass is 10.1. The van der Waals surface area contributed by atoms with Crippen molar-refractivity contribution >= 4 is 5.69 Å². The minimum atomic E-state index is 0.202. The third-order valence-electron chi connectivity index (χ3n) is 2.41. The highest BCUT2D eigenvalue weighted by Crippen LogP contribution is 2.24. The van der Waals surface area contributed by atoms with Crippen LogP contribution in [-0.4, -0.2) is 6.10 Å². The summed E-state index contributed by atoms with van der Waals surface area (Å²) in [5.41, 5.74) is 6.50. The highest BCUT2D eigenvalue weighted by molar-refractivity contribution is 5.52. The summed E-state index contributed by atoms with van der Waals surface area (Å²) >= 11 is 0. The van der Waals surface area contributed by atoms with Crippen LogP contribution in [-0.2, 0) is 0 Å². The summed E-state index contributed by atoms with van der Waals surface area (Å²) in [6.07, 6.45) is 7.96. The molecule has 1 atom stereocenters. The first kappa shape index (κ1) is 9.13. The first-order chi connectivity index (χ1) is 6.86. The molecule has 0 saturated carbocycles. The van der Waals surface area contributed by atoms with Gasteiger partial charge >= 0.3 is 0 Å². The number of nitrogens with two attached hydrogens (primary N) is 1. The number of nitrogen functional groups attached to an aromatic ring is 1. The number of benzene rings is 1. The maximum Gasteiger partial charge on any atom is 0.143 e. The van der Waals surface area contributed by atoms with Gasteiger partial charge in [0, 0.05) is 0 Å². The van der Waals surface area contributed by atoms with Gasteiger partial charge in [-0.1, -0.05) is 18.2 Å². The zero-order valence-corrected chi connectivity index (χ0v) is 8.15. The van der Waals surface area contributed by atoms with E-state index in [2.05, 4.69) is 12.2 Å². The van der Waals surface area contributed by atoms with E-state index in [1.54, 1.807) is 0 Å². The highest BCUT2D eigenvalue weighted by atomic mass is 16.5. The normalized spacial score (nSPS) is 20.7. The van der Waals surface area contributed by atoms with Gasteiger partial charge in [0.15, 0.2) is 0 Å². The second kappa shape index (κ2) is 4.18. The van der Waals surface area contributed by atoms with Crippen LogP contribution in [0.1, 0.15) is 19.3 Å². The number of para-hydroxylation sites is 2. The molecule has 2 nitrogen and oxygen atoms in total. The Morgan fingerprint density at radius 2 is 2.14 bits per heavy atom. The van der Waals surface area contributed by atoms with Crippen molar-refractivity contribution in [2.24, 2.45) is 0 Å². The lowest BCUT2D eigenvalue weighted by Gasteiger charge is -2.19. The van der Waals surface area contributed by atoms with E-state index < -0.39 is 0 Å². The molecule has 0 unspecified atom stereocenters. The smallest absolute Gasteiger partial charge is 0.143 e. The Labute approximate surface area is 84.4 Å². The van der Waals surface area contributed by atoms with Crippen LogP contribution in [0.4, 0.5) is 5.69 Å². The van der Waals surface area contributed by atoms with Crippen LogP contribution >= 0.6 is 0 Å². The number of anilines is 1. The van der Waals surface area contributed by atoms with Gasteiger partial charge in [-0.2, -0.15) is 0 Å². The zero-order valence-electron chi connectivity index (χ0n) is 8.15. The van der Waals surface area contributed by atoms with Crippen molar-refractivity contribution in [1.82, 2.24) is 0 Å². The largest absolute Gasteiger partial charge is 0.484 e. The molecule has 0 bridgehead atoms. The molecule has 0 spiro atoms. The van der Waals surface area contributed by atoms with E-state index >= 15 is 0 Å². The van der Waals surface area contributed by atoms with Crippen molar-refractivity contribution in [2.45, 2.75) is 25.4 Å². The number of rotatable bonds is 2. The van der Waals surface area contributed by atoms with Crippen molar-refractivity contribution in [3.05, 3.63) is 36.4 Å². The predicted octanol–water partition coefficient (Wildman–Crippen LogP) is 2.76. The SMILES string of the molecule is Nc1ccccc1O[C@@H]1C=CCCC1. The molecule has 74 valence electrons. The minimum Gasteiger partial charge on any atom is -0.484 e. The van der Waals surface area contributed by atoms with E-state index in [-0.39, 0.29) is 6.10 Å². The topological polar surface area (TPSA) is 35.2 Å². The van der Waals surface area contributed by atoms with Gasteiger partial charge in [0.1, 0.15) is 11.9 Å². The summed E-state index contributed by atoms with van der Waals surface area (Å²) < 4.78 is 5.77. The molecule has 1 aromatic carbocycles. The fourth-order valence-corrected chi connectivity index (χ4v) is 1.63. The molecular weight excluding hydrogens is 174 g/mol. The number of allylic oxidation sites excluding steroid dienone is 1. The van der Waals surface area contributed by atoms with E-state index in [9.17, 15) is 0 Å². The first-order valence-corrected chi connectivity index (χ1v) is 5.04. The summed E-state index contributed by atoms with van der Waals surface area (Å²) in [7, 11) is 0. The lowest BCUT2D eigenvalue weighted by molar-refractivity contribution is 0.231. The maximum absolute atomic E-state index is 5.79. The number of hydrogen-bond donors (Lipinski definition) is 1. The molecule has 1 aliphatic rings. The van der Waals surface area contributed by atoms with Gasteiger partial charge in [-0.3, -0.25) is 0 Å². The minimum absolute atomic E-state index is 0.202. The Morgan fingerprint density at radius 1 is 1.29 bits per heavy atom. The van der Waals surface area contributed by atoms with E-state index in [0.717, 1.165) is 12.2 Å². The Morgan fingerprint density at radius 3 is 2.86 bits per heavy atom. The van der Waals surface area contributed by atoms with E-state index in [1.807, 2.05) is 24.3 Å². The average Bonchev–Trinajstić information content (AvgIpc) is 2.23. The molecule has 0 radical (unpaired) electrons. The average molecular weight is 189 g/mol. The molecule has 0 amide bonds. The monoisotopic (exact) mass is 189 g/mol. The van der Waals surface area contributed by atoms with Crippen molar-refractivity contribution in [1.29, 1.82) is 0 Å². The zero-order chi connectivity index (χ0) is 9.80. The molecular formula is C12H15NO. The van der Waals surface area contributed by atoms with Crippen LogP contribution in [0, 0.1) is 0 Å². The van der Waals surface area contributed by atoms with Crippen LogP contribution in [0.25, 0.3) is 0 Å². The Hall–Kier alpha value is -1.44. The van der Waals surface area contributed by atoms with Gasteiger partial charge in [0.25, 0.3) is 0 Å². The van der Waals surface area contributed by atoms with Crippen molar-refractivity contribution in [3.63, 3.8) is 0 Å². The molecule has 0 heterocycles. The van der Waals surface area contributed by atoms with Gasteiger partial charge in [0.05, 0.1) is 5.69 Å². The summed E-state index contributed by atoms with van der Waals surface area (Å²) in [4.78, 5) is 0. The lowest BCUT2D eigenvalue weighted by Crippen LogP contribution is -2.16. The molecule has 0 aliphatic heterocycles. The van der Waals surface area contributed by atoms with E-state index in [0.29, 0.717) is 5.69 Å². The standard InChI is InChI=1S/C12H15NO/c13-11-8-4-5-9-12(11)14-10-6-2-1-3-7-10/h2,4-6,8-10H,1,3,7,13H2/t10-/m1/s1. The summed E-state index contributed by atoms with van der Waals surface area (Å²) in [6.45, 7) is 0. The van der Waals surface area contributed by atoms with Crippen LogP contribution in [0.2, 0.25) is 0 Å². The van der Waals surface area contributed by atoms with Crippen LogP contribution in [0.15, 0.2) is 36.4 Å². The van der Waals surface area contributed by atoms with E-state index in [4.69, 9.17) is 10.5 Å². The Bertz CT molecular complexity index is 333. The van der Waals surface area contributed by atoms with Gasteiger partial charge in [-0.25, -0.2) is 0 Å². The quantitative estimate of drug-likeness (QED) is 0.573. The molecule has 0 fully saturated rings. The van der Waals surface area contributed by atoms with E-state index in [1.165, 1.54) is 12.8 Å². The molecule has 0 aromatic heterocycles. The van der Waals surface area contributed by atoms with Crippen molar-refractivity contribution < 1.29 is 4.74 Å². The van der Waals surface area contributed by atoms with Gasteiger partial charge in [0.2, 0.25) is 0 Å². The summed E-state index contributed by atoms with van der Waals surface area (Å²) in [5.74, 6) is 0.795. The number of ether oxygens (including phenoxy) is 1. The summed E-state index contributed by atoms with van der Waals surface area (Å²) in [5, 5.41) is 0. The predicted molar refractivity (Wildman–Crippen MR) is 58.3 cm³/mol. The third-order valence-corrected chi connectivity index (χ3v) is 2.41. The van der Waals surface area contributed by atoms with Crippen molar-refractivity contribution in [3.8, 4) is 5.75 Å². The highest BCUT2D eigenvalue weighted by Gasteiger charge is 2.10. The maximum atomic E-state index is 5.79. The fourth-order valence-electron chi connectivity index (χ4n) is 1.63. The van der Waals surface area contributed by atoms with Gasteiger partial charge in [-0.05, 0) is 37.5 Å². The molecule has 1 aromatic rings. The second-order valence-electron chi connectivity index (χ2n) is 3.55. The Balaban J connectivity index is 2.06. The molecule has 0 saturated heterocycles. The van der Waals surface area contributed by atoms with Crippen LogP contribution in [0.5, 0.6) is 5.75 Å². The van der Waals surface area contributed by atoms with Gasteiger partial charge in [-0.15, -0.1) is 0 Å². The Kier molecular flexibility index (Phi) is 2.73. The molecule has 14 heavy (non-hydrogen) atoms. The molecule has 2 N–H and O–H groups in total. The number of hydrogen-bond acceptors (Lipinski definition) is 2.